The second kappa shape index (κ2) is 4.40. The quantitative estimate of drug-likeness (QED) is 0.608. The average Bonchev–Trinajstić information content (AvgIpc) is 2.48. The second-order valence-electron chi connectivity index (χ2n) is 5.32. The topological polar surface area (TPSA) is 40.6 Å². The van der Waals surface area contributed by atoms with Gasteiger partial charge in [-0.15, -0.1) is 0 Å². The molecule has 18 heavy (non-hydrogen) atoms. The zero-order valence-electron chi connectivity index (χ0n) is 11.3. The predicted molar refractivity (Wildman–Crippen MR) is 71.5 cm³/mol. The fourth-order valence-corrected chi connectivity index (χ4v) is 1.92. The molecule has 1 aromatic rings. The molecule has 6 heteroatoms. The van der Waals surface area contributed by atoms with Gasteiger partial charge in [-0.2, -0.15) is 0 Å². The molecule has 1 aliphatic heterocycles. The maximum absolute atomic E-state index is 6.00. The number of ether oxygens (including phenoxy) is 1. The van der Waals surface area contributed by atoms with Crippen LogP contribution in [0.2, 0.25) is 5.15 Å². The molecular weight excluding hydrogens is 252 g/mol. The summed E-state index contributed by atoms with van der Waals surface area (Å²) in [5, 5.41) is 0.310. The van der Waals surface area contributed by atoms with Gasteiger partial charge >= 0.3 is 7.12 Å². The Bertz CT molecular complexity index is 449. The van der Waals surface area contributed by atoms with Gasteiger partial charge < -0.3 is 14.0 Å². The highest BCUT2D eigenvalue weighted by atomic mass is 35.5. The predicted octanol–water partition coefficient (Wildman–Crippen LogP) is 2.04. The van der Waals surface area contributed by atoms with Crippen molar-refractivity contribution >= 4 is 24.3 Å². The number of pyridine rings is 1. The fraction of sp³-hybridized carbons (Fsp3) is 0.583. The number of rotatable bonds is 2. The molecule has 4 nitrogen and oxygen atoms in total. The van der Waals surface area contributed by atoms with Crippen LogP contribution in [0.3, 0.4) is 0 Å². The van der Waals surface area contributed by atoms with Crippen molar-refractivity contribution in [2.75, 3.05) is 7.11 Å². The Morgan fingerprint density at radius 3 is 2.17 bits per heavy atom. The van der Waals surface area contributed by atoms with Gasteiger partial charge in [0.15, 0.2) is 10.9 Å². The van der Waals surface area contributed by atoms with Crippen LogP contribution in [-0.4, -0.2) is 30.4 Å². The Labute approximate surface area is 113 Å². The lowest BCUT2D eigenvalue weighted by atomic mass is 9.84. The Kier molecular flexibility index (Phi) is 3.34. The van der Waals surface area contributed by atoms with E-state index in [0.717, 1.165) is 0 Å². The SMILES string of the molecule is COc1ccc(B2OC(C)(C)C(C)(C)O2)nc1Cl. The molecule has 2 heterocycles. The fourth-order valence-electron chi connectivity index (χ4n) is 1.68. The molecule has 0 spiro atoms. The van der Waals surface area contributed by atoms with Gasteiger partial charge in [0, 0.05) is 0 Å². The number of halogens is 1. The Morgan fingerprint density at radius 2 is 1.72 bits per heavy atom. The summed E-state index contributed by atoms with van der Waals surface area (Å²) in [4.78, 5) is 4.25. The van der Waals surface area contributed by atoms with Crippen molar-refractivity contribution in [3.8, 4) is 5.75 Å². The summed E-state index contributed by atoms with van der Waals surface area (Å²) in [6.45, 7) is 7.99. The van der Waals surface area contributed by atoms with Crippen LogP contribution in [0.5, 0.6) is 5.75 Å². The third-order valence-electron chi connectivity index (χ3n) is 3.55. The zero-order valence-corrected chi connectivity index (χ0v) is 12.0. The normalized spacial score (nSPS) is 21.1. The van der Waals surface area contributed by atoms with Gasteiger partial charge in [0.1, 0.15) is 0 Å². The zero-order chi connectivity index (χ0) is 13.6. The van der Waals surface area contributed by atoms with Crippen molar-refractivity contribution < 1.29 is 14.0 Å². The number of hydrogen-bond donors (Lipinski definition) is 0. The minimum absolute atomic E-state index is 0.310. The minimum Gasteiger partial charge on any atom is -0.494 e. The van der Waals surface area contributed by atoms with Crippen molar-refractivity contribution in [3.63, 3.8) is 0 Å². The molecule has 0 aromatic carbocycles. The summed E-state index contributed by atoms with van der Waals surface area (Å²) < 4.78 is 16.9. The number of hydrogen-bond acceptors (Lipinski definition) is 4. The van der Waals surface area contributed by atoms with Crippen LogP contribution < -0.4 is 10.3 Å². The summed E-state index contributed by atoms with van der Waals surface area (Å²) in [6, 6.07) is 3.56. The van der Waals surface area contributed by atoms with Crippen LogP contribution in [0.4, 0.5) is 0 Å². The molecular formula is C12H17BClNO3. The lowest BCUT2D eigenvalue weighted by Crippen LogP contribution is -2.41. The smallest absolute Gasteiger partial charge is 0.494 e. The first kappa shape index (κ1) is 13.7. The molecule has 2 rings (SSSR count). The van der Waals surface area contributed by atoms with E-state index in [4.69, 9.17) is 25.6 Å². The summed E-state index contributed by atoms with van der Waals surface area (Å²) >= 11 is 6.00. The first-order valence-corrected chi connectivity index (χ1v) is 6.21. The molecule has 0 amide bonds. The van der Waals surface area contributed by atoms with Crippen LogP contribution >= 0.6 is 11.6 Å². The molecule has 1 aromatic heterocycles. The Hall–Kier alpha value is -0.775. The highest BCUT2D eigenvalue weighted by Crippen LogP contribution is 2.36. The number of nitrogens with zero attached hydrogens (tertiary/aromatic N) is 1. The lowest BCUT2D eigenvalue weighted by Gasteiger charge is -2.32. The van der Waals surface area contributed by atoms with Crippen molar-refractivity contribution in [1.82, 2.24) is 4.98 Å². The van der Waals surface area contributed by atoms with Crippen molar-refractivity contribution in [2.24, 2.45) is 0 Å². The molecule has 0 atom stereocenters. The monoisotopic (exact) mass is 269 g/mol. The third kappa shape index (κ3) is 2.22. The van der Waals surface area contributed by atoms with E-state index in [0.29, 0.717) is 16.5 Å². The van der Waals surface area contributed by atoms with E-state index in [9.17, 15) is 0 Å². The van der Waals surface area contributed by atoms with Gasteiger partial charge in [-0.1, -0.05) is 11.6 Å². The molecule has 1 fully saturated rings. The molecule has 1 aliphatic rings. The van der Waals surface area contributed by atoms with Gasteiger partial charge in [-0.05, 0) is 39.8 Å². The van der Waals surface area contributed by atoms with Crippen LogP contribution in [-0.2, 0) is 9.31 Å². The third-order valence-corrected chi connectivity index (χ3v) is 3.82. The molecule has 0 bridgehead atoms. The standard InChI is InChI=1S/C12H17BClNO3/c1-11(2)12(3,4)18-13(17-11)9-7-6-8(16-5)10(14)15-9/h6-7H,1-5H3. The van der Waals surface area contributed by atoms with Gasteiger partial charge in [0.05, 0.1) is 23.9 Å². The maximum atomic E-state index is 6.00. The summed E-state index contributed by atoms with van der Waals surface area (Å²) in [7, 11) is 1.05. The molecule has 0 saturated carbocycles. The first-order chi connectivity index (χ1) is 8.27. The van der Waals surface area contributed by atoms with E-state index in [1.54, 1.807) is 19.2 Å². The van der Waals surface area contributed by atoms with E-state index in [-0.39, 0.29) is 11.2 Å². The summed E-state index contributed by atoms with van der Waals surface area (Å²) in [6.07, 6.45) is 0. The largest absolute Gasteiger partial charge is 0.514 e. The van der Waals surface area contributed by atoms with E-state index in [1.165, 1.54) is 0 Å². The molecule has 1 saturated heterocycles. The van der Waals surface area contributed by atoms with E-state index in [1.807, 2.05) is 27.7 Å². The van der Waals surface area contributed by atoms with Gasteiger partial charge in [-0.3, -0.25) is 0 Å². The first-order valence-electron chi connectivity index (χ1n) is 5.83. The average molecular weight is 270 g/mol. The van der Waals surface area contributed by atoms with Gasteiger partial charge in [0.25, 0.3) is 0 Å². The van der Waals surface area contributed by atoms with Crippen LogP contribution in [0.25, 0.3) is 0 Å². The molecule has 98 valence electrons. The summed E-state index contributed by atoms with van der Waals surface area (Å²) in [5.41, 5.74) is -0.114. The van der Waals surface area contributed by atoms with Crippen LogP contribution in [0.15, 0.2) is 12.1 Å². The lowest BCUT2D eigenvalue weighted by molar-refractivity contribution is 0.00578. The number of methoxy groups -OCH3 is 1. The maximum Gasteiger partial charge on any atom is 0.514 e. The molecule has 0 N–H and O–H groups in total. The highest BCUT2D eigenvalue weighted by Gasteiger charge is 2.52. The summed E-state index contributed by atoms with van der Waals surface area (Å²) in [5.74, 6) is 0.539. The number of aromatic nitrogens is 1. The van der Waals surface area contributed by atoms with Crippen LogP contribution in [0, 0.1) is 0 Å². The van der Waals surface area contributed by atoms with E-state index in [2.05, 4.69) is 4.98 Å². The van der Waals surface area contributed by atoms with Crippen molar-refractivity contribution in [3.05, 3.63) is 17.3 Å². The molecule has 0 aliphatic carbocycles. The molecule has 0 radical (unpaired) electrons. The van der Waals surface area contributed by atoms with Crippen molar-refractivity contribution in [2.45, 2.75) is 38.9 Å². The minimum atomic E-state index is -0.501. The van der Waals surface area contributed by atoms with Gasteiger partial charge in [-0.25, -0.2) is 4.98 Å². The highest BCUT2D eigenvalue weighted by molar-refractivity contribution is 6.61. The molecule has 0 unspecified atom stereocenters. The second-order valence-corrected chi connectivity index (χ2v) is 5.68. The van der Waals surface area contributed by atoms with Crippen LogP contribution in [0.1, 0.15) is 27.7 Å². The van der Waals surface area contributed by atoms with E-state index >= 15 is 0 Å². The van der Waals surface area contributed by atoms with E-state index < -0.39 is 7.12 Å². The Morgan fingerprint density at radius 1 is 1.17 bits per heavy atom. The van der Waals surface area contributed by atoms with Crippen molar-refractivity contribution in [1.29, 1.82) is 0 Å². The van der Waals surface area contributed by atoms with Gasteiger partial charge in [0.2, 0.25) is 0 Å². The Balaban J connectivity index is 2.27.